The lowest BCUT2D eigenvalue weighted by atomic mass is 10.1. The van der Waals surface area contributed by atoms with Gasteiger partial charge in [-0.1, -0.05) is 54.1 Å². The maximum atomic E-state index is 6.24. The van der Waals surface area contributed by atoms with Crippen molar-refractivity contribution in [3.63, 3.8) is 0 Å². The number of nitrogen functional groups attached to an aromatic ring is 1. The number of nitrogens with one attached hydrogen (secondary N) is 1. The second kappa shape index (κ2) is 7.07. The molecule has 0 saturated carbocycles. The number of aryl methyl sites for hydroxylation is 2. The van der Waals surface area contributed by atoms with Gasteiger partial charge in [-0.15, -0.1) is 0 Å². The molecule has 0 amide bonds. The molecule has 2 heterocycles. The van der Waals surface area contributed by atoms with Gasteiger partial charge in [-0.3, -0.25) is 4.68 Å². The Morgan fingerprint density at radius 1 is 1.04 bits per heavy atom. The third-order valence-electron chi connectivity index (χ3n) is 4.57. The number of benzene rings is 2. The summed E-state index contributed by atoms with van der Waals surface area (Å²) in [5.41, 5.74) is 11.1. The molecule has 2 aromatic heterocycles. The van der Waals surface area contributed by atoms with E-state index in [1.165, 1.54) is 11.1 Å². The minimum atomic E-state index is 0.563. The molecule has 136 valence electrons. The van der Waals surface area contributed by atoms with Gasteiger partial charge in [0, 0.05) is 19.2 Å². The van der Waals surface area contributed by atoms with Gasteiger partial charge < -0.3 is 11.1 Å². The van der Waals surface area contributed by atoms with E-state index < -0.39 is 0 Å². The first-order valence-electron chi connectivity index (χ1n) is 8.97. The quantitative estimate of drug-likeness (QED) is 0.570. The zero-order valence-corrected chi connectivity index (χ0v) is 15.5. The van der Waals surface area contributed by atoms with Crippen molar-refractivity contribution in [2.45, 2.75) is 13.3 Å². The van der Waals surface area contributed by atoms with Crippen LogP contribution in [-0.2, 0) is 13.5 Å². The molecule has 0 fully saturated rings. The molecular formula is C21H22N6. The van der Waals surface area contributed by atoms with Crippen molar-refractivity contribution in [2.75, 3.05) is 17.6 Å². The number of aromatic nitrogens is 4. The van der Waals surface area contributed by atoms with E-state index in [-0.39, 0.29) is 0 Å². The molecule has 0 atom stereocenters. The van der Waals surface area contributed by atoms with Crippen molar-refractivity contribution in [1.82, 2.24) is 19.7 Å². The number of rotatable bonds is 5. The van der Waals surface area contributed by atoms with Crippen molar-refractivity contribution in [2.24, 2.45) is 7.05 Å². The lowest BCUT2D eigenvalue weighted by Crippen LogP contribution is -2.08. The van der Waals surface area contributed by atoms with Crippen molar-refractivity contribution >= 4 is 22.8 Å². The average Bonchev–Trinajstić information content (AvgIpc) is 2.96. The number of nitrogens with zero attached hydrogens (tertiary/aromatic N) is 4. The minimum Gasteiger partial charge on any atom is -0.383 e. The van der Waals surface area contributed by atoms with E-state index in [1.807, 2.05) is 37.4 Å². The van der Waals surface area contributed by atoms with Gasteiger partial charge in [0.2, 0.25) is 5.95 Å². The number of fused-ring (bicyclic) bond motifs is 1. The van der Waals surface area contributed by atoms with Crippen molar-refractivity contribution in [3.05, 3.63) is 65.7 Å². The summed E-state index contributed by atoms with van der Waals surface area (Å²) in [6, 6.07) is 18.6. The number of hydrogen-bond donors (Lipinski definition) is 2. The van der Waals surface area contributed by atoms with Gasteiger partial charge in [-0.2, -0.15) is 10.1 Å². The van der Waals surface area contributed by atoms with Crippen LogP contribution in [0.25, 0.3) is 22.3 Å². The van der Waals surface area contributed by atoms with Gasteiger partial charge in [0.05, 0.1) is 11.1 Å². The summed E-state index contributed by atoms with van der Waals surface area (Å²) in [6.07, 6.45) is 0.895. The maximum Gasteiger partial charge on any atom is 0.225 e. The van der Waals surface area contributed by atoms with Crippen molar-refractivity contribution in [1.29, 1.82) is 0 Å². The highest BCUT2D eigenvalue weighted by atomic mass is 15.3. The molecule has 6 nitrogen and oxygen atoms in total. The van der Waals surface area contributed by atoms with Crippen LogP contribution < -0.4 is 11.1 Å². The fourth-order valence-corrected chi connectivity index (χ4v) is 3.16. The molecule has 0 spiro atoms. The highest BCUT2D eigenvalue weighted by Crippen LogP contribution is 2.31. The number of nitrogens with two attached hydrogens (primary N) is 1. The summed E-state index contributed by atoms with van der Waals surface area (Å²) in [4.78, 5) is 9.32. The zero-order valence-electron chi connectivity index (χ0n) is 15.5. The van der Waals surface area contributed by atoms with Gasteiger partial charge in [-0.05, 0) is 25.0 Å². The van der Waals surface area contributed by atoms with Crippen LogP contribution in [0.5, 0.6) is 0 Å². The Kier molecular flexibility index (Phi) is 4.46. The second-order valence-electron chi connectivity index (χ2n) is 6.64. The largest absolute Gasteiger partial charge is 0.383 e. The fraction of sp³-hybridized carbons (Fsp3) is 0.190. The molecule has 2 aromatic carbocycles. The molecule has 3 N–H and O–H groups in total. The Hall–Kier alpha value is -3.41. The Morgan fingerprint density at radius 2 is 1.85 bits per heavy atom. The van der Waals surface area contributed by atoms with Crippen LogP contribution in [0.15, 0.2) is 54.6 Å². The van der Waals surface area contributed by atoms with Gasteiger partial charge >= 0.3 is 0 Å². The molecule has 0 unspecified atom stereocenters. The molecule has 4 rings (SSSR count). The smallest absolute Gasteiger partial charge is 0.225 e. The molecule has 6 heteroatoms. The van der Waals surface area contributed by atoms with Crippen molar-refractivity contribution < 1.29 is 0 Å². The Labute approximate surface area is 158 Å². The Balaban J connectivity index is 1.70. The first-order chi connectivity index (χ1) is 13.1. The van der Waals surface area contributed by atoms with Crippen LogP contribution >= 0.6 is 0 Å². The van der Waals surface area contributed by atoms with Gasteiger partial charge in [0.1, 0.15) is 5.82 Å². The Morgan fingerprint density at radius 3 is 2.63 bits per heavy atom. The molecule has 0 aliphatic carbocycles. The SMILES string of the molecule is Cc1cccc(-c2nc(NCCc3ccccc3)nc3nn(C)c(N)c23)c1. The molecule has 0 radical (unpaired) electrons. The molecule has 4 aromatic rings. The summed E-state index contributed by atoms with van der Waals surface area (Å²) in [5.74, 6) is 1.13. The van der Waals surface area contributed by atoms with Crippen LogP contribution in [0.4, 0.5) is 11.8 Å². The number of hydrogen-bond acceptors (Lipinski definition) is 5. The van der Waals surface area contributed by atoms with E-state index in [4.69, 9.17) is 10.7 Å². The normalized spacial score (nSPS) is 11.0. The van der Waals surface area contributed by atoms with Gasteiger partial charge in [-0.25, -0.2) is 4.98 Å². The summed E-state index contributed by atoms with van der Waals surface area (Å²) >= 11 is 0. The fourth-order valence-electron chi connectivity index (χ4n) is 3.16. The first kappa shape index (κ1) is 17.0. The predicted octanol–water partition coefficient (Wildman–Crippen LogP) is 3.58. The maximum absolute atomic E-state index is 6.24. The van der Waals surface area contributed by atoms with Gasteiger partial charge in [0.15, 0.2) is 5.65 Å². The summed E-state index contributed by atoms with van der Waals surface area (Å²) in [6.45, 7) is 2.80. The van der Waals surface area contributed by atoms with Crippen LogP contribution in [0, 0.1) is 6.92 Å². The molecule has 0 bridgehead atoms. The van der Waals surface area contributed by atoms with Crippen LogP contribution in [-0.4, -0.2) is 26.3 Å². The average molecular weight is 358 g/mol. The van der Waals surface area contributed by atoms with E-state index in [1.54, 1.807) is 4.68 Å². The third kappa shape index (κ3) is 3.46. The standard InChI is InChI=1S/C21H22N6/c1-14-7-6-10-16(13-14)18-17-19(22)27(2)26-20(17)25-21(24-18)23-12-11-15-8-4-3-5-9-15/h3-10,13H,11-12,22H2,1-2H3,(H,23,25,26). The third-order valence-corrected chi connectivity index (χ3v) is 4.57. The molecule has 0 aliphatic rings. The lowest BCUT2D eigenvalue weighted by molar-refractivity contribution is 0.787. The minimum absolute atomic E-state index is 0.563. The highest BCUT2D eigenvalue weighted by molar-refractivity contribution is 5.98. The van der Waals surface area contributed by atoms with E-state index in [0.717, 1.165) is 29.6 Å². The molecular weight excluding hydrogens is 336 g/mol. The number of anilines is 2. The predicted molar refractivity (Wildman–Crippen MR) is 110 cm³/mol. The van der Waals surface area contributed by atoms with E-state index >= 15 is 0 Å². The highest BCUT2D eigenvalue weighted by Gasteiger charge is 2.17. The van der Waals surface area contributed by atoms with Crippen LogP contribution in [0.1, 0.15) is 11.1 Å². The molecule has 0 aliphatic heterocycles. The topological polar surface area (TPSA) is 81.7 Å². The van der Waals surface area contributed by atoms with E-state index in [2.05, 4.69) is 46.6 Å². The Bertz CT molecular complexity index is 1080. The van der Waals surface area contributed by atoms with E-state index in [9.17, 15) is 0 Å². The summed E-state index contributed by atoms with van der Waals surface area (Å²) in [5, 5.41) is 8.56. The molecule has 27 heavy (non-hydrogen) atoms. The monoisotopic (exact) mass is 358 g/mol. The first-order valence-corrected chi connectivity index (χ1v) is 8.97. The van der Waals surface area contributed by atoms with Crippen LogP contribution in [0.3, 0.4) is 0 Å². The van der Waals surface area contributed by atoms with Gasteiger partial charge in [0.25, 0.3) is 0 Å². The van der Waals surface area contributed by atoms with Crippen LogP contribution in [0.2, 0.25) is 0 Å². The van der Waals surface area contributed by atoms with E-state index in [0.29, 0.717) is 17.4 Å². The lowest BCUT2D eigenvalue weighted by Gasteiger charge is -2.09. The zero-order chi connectivity index (χ0) is 18.8. The summed E-state index contributed by atoms with van der Waals surface area (Å²) in [7, 11) is 1.82. The second-order valence-corrected chi connectivity index (χ2v) is 6.64. The molecule has 0 saturated heterocycles. The van der Waals surface area contributed by atoms with Crippen molar-refractivity contribution in [3.8, 4) is 11.3 Å². The summed E-state index contributed by atoms with van der Waals surface area (Å²) < 4.78 is 1.65.